The number of aromatic nitrogens is 2. The van der Waals surface area contributed by atoms with Gasteiger partial charge in [0.05, 0.1) is 11.1 Å². The summed E-state index contributed by atoms with van der Waals surface area (Å²) in [6.07, 6.45) is -1.11. The van der Waals surface area contributed by atoms with Gasteiger partial charge in [-0.15, -0.1) is 0 Å². The Kier molecular flexibility index (Phi) is 4.42. The van der Waals surface area contributed by atoms with E-state index in [0.717, 1.165) is 28.5 Å². The fraction of sp³-hybridized carbons (Fsp3) is 0.235. The molecule has 1 aromatic carbocycles. The van der Waals surface area contributed by atoms with E-state index in [2.05, 4.69) is 20.2 Å². The molecule has 0 saturated carbocycles. The van der Waals surface area contributed by atoms with Crippen molar-refractivity contribution < 1.29 is 14.7 Å². The Morgan fingerprint density at radius 2 is 2.00 bits per heavy atom. The highest BCUT2D eigenvalue weighted by Crippen LogP contribution is 2.30. The number of rotatable bonds is 6. The molecule has 0 spiro atoms. The SMILES string of the molecule is CCn1c2ccccc2c2cc(C(N)=O)c(NCCNC(=O)O)nc21. The molecule has 0 radical (unpaired) electrons. The minimum Gasteiger partial charge on any atom is -0.465 e. The number of anilines is 1. The molecule has 2 aromatic heterocycles. The highest BCUT2D eigenvalue weighted by molar-refractivity contribution is 6.10. The molecule has 0 bridgehead atoms. The number of fused-ring (bicyclic) bond motifs is 3. The lowest BCUT2D eigenvalue weighted by Crippen LogP contribution is -2.27. The van der Waals surface area contributed by atoms with Crippen LogP contribution in [0.5, 0.6) is 0 Å². The van der Waals surface area contributed by atoms with Crippen LogP contribution in [-0.4, -0.2) is 39.7 Å². The molecule has 25 heavy (non-hydrogen) atoms. The van der Waals surface area contributed by atoms with Crippen LogP contribution in [0.3, 0.4) is 0 Å². The average molecular weight is 341 g/mol. The van der Waals surface area contributed by atoms with Gasteiger partial charge in [0.15, 0.2) is 0 Å². The van der Waals surface area contributed by atoms with Gasteiger partial charge in [-0.05, 0) is 19.1 Å². The molecule has 130 valence electrons. The highest BCUT2D eigenvalue weighted by atomic mass is 16.4. The maximum Gasteiger partial charge on any atom is 0.404 e. The van der Waals surface area contributed by atoms with Crippen LogP contribution in [0.4, 0.5) is 10.6 Å². The first-order valence-electron chi connectivity index (χ1n) is 7.95. The second-order valence-electron chi connectivity index (χ2n) is 5.54. The predicted octanol–water partition coefficient (Wildman–Crippen LogP) is 1.99. The van der Waals surface area contributed by atoms with Gasteiger partial charge in [-0.3, -0.25) is 4.79 Å². The third-order valence-electron chi connectivity index (χ3n) is 4.02. The Morgan fingerprint density at radius 1 is 1.24 bits per heavy atom. The summed E-state index contributed by atoms with van der Waals surface area (Å²) in [5.41, 5.74) is 7.57. The van der Waals surface area contributed by atoms with Crippen molar-refractivity contribution in [3.63, 3.8) is 0 Å². The largest absolute Gasteiger partial charge is 0.465 e. The molecule has 0 aliphatic heterocycles. The van der Waals surface area contributed by atoms with E-state index in [1.165, 1.54) is 0 Å². The number of para-hydroxylation sites is 1. The zero-order chi connectivity index (χ0) is 18.0. The first-order chi connectivity index (χ1) is 12.0. The third kappa shape index (κ3) is 3.06. The van der Waals surface area contributed by atoms with Gasteiger partial charge in [-0.2, -0.15) is 0 Å². The van der Waals surface area contributed by atoms with Crippen LogP contribution >= 0.6 is 0 Å². The Balaban J connectivity index is 2.09. The van der Waals surface area contributed by atoms with E-state index in [9.17, 15) is 9.59 Å². The number of amides is 2. The van der Waals surface area contributed by atoms with Crippen molar-refractivity contribution in [1.82, 2.24) is 14.9 Å². The Hall–Kier alpha value is -3.29. The van der Waals surface area contributed by atoms with Crippen molar-refractivity contribution in [2.24, 2.45) is 5.73 Å². The number of hydrogen-bond acceptors (Lipinski definition) is 4. The van der Waals surface area contributed by atoms with E-state index >= 15 is 0 Å². The Morgan fingerprint density at radius 3 is 2.68 bits per heavy atom. The third-order valence-corrected chi connectivity index (χ3v) is 4.02. The summed E-state index contributed by atoms with van der Waals surface area (Å²) in [6, 6.07) is 9.63. The molecule has 2 heterocycles. The lowest BCUT2D eigenvalue weighted by molar-refractivity contribution is 0.100. The number of carboxylic acid groups (broad SMARTS) is 1. The second-order valence-corrected chi connectivity index (χ2v) is 5.54. The number of nitrogens with two attached hydrogens (primary N) is 1. The normalized spacial score (nSPS) is 10.9. The second kappa shape index (κ2) is 6.68. The van der Waals surface area contributed by atoms with Gasteiger partial charge < -0.3 is 26.0 Å². The molecule has 0 fully saturated rings. The monoisotopic (exact) mass is 341 g/mol. The molecule has 8 nitrogen and oxygen atoms in total. The van der Waals surface area contributed by atoms with E-state index in [1.807, 2.05) is 31.2 Å². The number of hydrogen-bond donors (Lipinski definition) is 4. The summed E-state index contributed by atoms with van der Waals surface area (Å²) >= 11 is 0. The lowest BCUT2D eigenvalue weighted by Gasteiger charge is -2.10. The van der Waals surface area contributed by atoms with Gasteiger partial charge in [-0.25, -0.2) is 9.78 Å². The van der Waals surface area contributed by atoms with Gasteiger partial charge in [0.25, 0.3) is 5.91 Å². The Labute approximate surface area is 143 Å². The minimum atomic E-state index is -1.11. The molecule has 0 unspecified atom stereocenters. The van der Waals surface area contributed by atoms with E-state index < -0.39 is 12.0 Å². The van der Waals surface area contributed by atoms with Crippen LogP contribution in [-0.2, 0) is 6.54 Å². The summed E-state index contributed by atoms with van der Waals surface area (Å²) in [5.74, 6) is -0.235. The summed E-state index contributed by atoms with van der Waals surface area (Å²) < 4.78 is 2.07. The summed E-state index contributed by atoms with van der Waals surface area (Å²) in [5, 5.41) is 15.7. The summed E-state index contributed by atoms with van der Waals surface area (Å²) in [6.45, 7) is 3.23. The van der Waals surface area contributed by atoms with Crippen LogP contribution in [0.1, 0.15) is 17.3 Å². The van der Waals surface area contributed by atoms with Crippen LogP contribution in [0.25, 0.3) is 21.9 Å². The fourth-order valence-electron chi connectivity index (χ4n) is 2.95. The van der Waals surface area contributed by atoms with Crippen molar-refractivity contribution in [2.75, 3.05) is 18.4 Å². The number of pyridine rings is 1. The van der Waals surface area contributed by atoms with Crippen molar-refractivity contribution in [2.45, 2.75) is 13.5 Å². The topological polar surface area (TPSA) is 122 Å². The standard InChI is InChI=1S/C17H19N5O3/c1-2-22-13-6-4-3-5-10(13)11-9-12(14(18)23)15(21-16(11)22)19-7-8-20-17(24)25/h3-6,9,20H,2,7-8H2,1H3,(H2,18,23)(H,19,21)(H,24,25). The van der Waals surface area contributed by atoms with Crippen LogP contribution < -0.4 is 16.4 Å². The van der Waals surface area contributed by atoms with Gasteiger partial charge in [0, 0.05) is 30.4 Å². The first-order valence-corrected chi connectivity index (χ1v) is 7.95. The van der Waals surface area contributed by atoms with Gasteiger partial charge in [-0.1, -0.05) is 18.2 Å². The molecular formula is C17H19N5O3. The summed E-state index contributed by atoms with van der Waals surface area (Å²) in [4.78, 5) is 27.0. The smallest absolute Gasteiger partial charge is 0.404 e. The molecule has 0 aliphatic carbocycles. The molecule has 3 aromatic rings. The van der Waals surface area contributed by atoms with Gasteiger partial charge in [0.2, 0.25) is 0 Å². The van der Waals surface area contributed by atoms with Crippen molar-refractivity contribution in [3.05, 3.63) is 35.9 Å². The van der Waals surface area contributed by atoms with Gasteiger partial charge in [0.1, 0.15) is 11.5 Å². The molecule has 0 saturated heterocycles. The molecule has 5 N–H and O–H groups in total. The maximum atomic E-state index is 11.8. The zero-order valence-electron chi connectivity index (χ0n) is 13.7. The van der Waals surface area contributed by atoms with Crippen LogP contribution in [0.2, 0.25) is 0 Å². The molecule has 2 amide bonds. The average Bonchev–Trinajstić information content (AvgIpc) is 2.90. The zero-order valence-corrected chi connectivity index (χ0v) is 13.7. The number of aryl methyl sites for hydroxylation is 1. The number of nitrogens with one attached hydrogen (secondary N) is 2. The van der Waals surface area contributed by atoms with E-state index in [4.69, 9.17) is 10.8 Å². The van der Waals surface area contributed by atoms with Crippen molar-refractivity contribution >= 4 is 39.8 Å². The van der Waals surface area contributed by atoms with E-state index in [1.54, 1.807) is 6.07 Å². The lowest BCUT2D eigenvalue weighted by atomic mass is 10.1. The van der Waals surface area contributed by atoms with Gasteiger partial charge >= 0.3 is 6.09 Å². The molecule has 8 heteroatoms. The van der Waals surface area contributed by atoms with Crippen LogP contribution in [0.15, 0.2) is 30.3 Å². The van der Waals surface area contributed by atoms with E-state index in [-0.39, 0.29) is 18.7 Å². The first kappa shape index (κ1) is 16.6. The molecule has 0 atom stereocenters. The number of benzene rings is 1. The Bertz CT molecular complexity index is 964. The van der Waals surface area contributed by atoms with Crippen molar-refractivity contribution in [3.8, 4) is 0 Å². The predicted molar refractivity (Wildman–Crippen MR) is 95.9 cm³/mol. The number of carbonyl (C=O) groups excluding carboxylic acids is 1. The molecule has 0 aliphatic rings. The number of primary amides is 1. The quantitative estimate of drug-likeness (QED) is 0.511. The molecule has 3 rings (SSSR count). The van der Waals surface area contributed by atoms with Crippen molar-refractivity contribution in [1.29, 1.82) is 0 Å². The van der Waals surface area contributed by atoms with E-state index in [0.29, 0.717) is 5.82 Å². The number of nitrogens with zero attached hydrogens (tertiary/aromatic N) is 2. The highest BCUT2D eigenvalue weighted by Gasteiger charge is 2.17. The maximum absolute atomic E-state index is 11.8. The molecular weight excluding hydrogens is 322 g/mol. The fourth-order valence-corrected chi connectivity index (χ4v) is 2.95. The van der Waals surface area contributed by atoms with Crippen LogP contribution in [0, 0.1) is 0 Å². The summed E-state index contributed by atoms with van der Waals surface area (Å²) in [7, 11) is 0. The minimum absolute atomic E-state index is 0.185. The number of carbonyl (C=O) groups is 2.